The smallest absolute Gasteiger partial charge is 0.191 e. The number of aliphatic imine (C=N–C) groups is 1. The summed E-state index contributed by atoms with van der Waals surface area (Å²) in [6.07, 6.45) is 2.31. The Balaban J connectivity index is 0.00000161. The van der Waals surface area contributed by atoms with Crippen LogP contribution >= 0.6 is 24.0 Å². The van der Waals surface area contributed by atoms with E-state index in [1.54, 1.807) is 0 Å². The molecule has 0 atom stereocenters. The summed E-state index contributed by atoms with van der Waals surface area (Å²) in [6, 6.07) is 3.38. The quantitative estimate of drug-likeness (QED) is 0.475. The second-order valence-corrected chi connectivity index (χ2v) is 5.18. The lowest BCUT2D eigenvalue weighted by atomic mass is 10.1. The van der Waals surface area contributed by atoms with Crippen molar-refractivity contribution in [1.82, 2.24) is 4.90 Å². The molecular weight excluding hydrogens is 388 g/mol. The minimum absolute atomic E-state index is 0. The van der Waals surface area contributed by atoms with Crippen LogP contribution in [0.15, 0.2) is 17.1 Å². The average molecular weight is 407 g/mol. The number of rotatable bonds is 3. The third-order valence-corrected chi connectivity index (χ3v) is 3.62. The largest absolute Gasteiger partial charge is 0.467 e. The highest BCUT2D eigenvalue weighted by atomic mass is 127. The summed E-state index contributed by atoms with van der Waals surface area (Å²) in [5.74, 6) is 0.845. The van der Waals surface area contributed by atoms with E-state index < -0.39 is 0 Å². The van der Waals surface area contributed by atoms with Crippen LogP contribution in [0.2, 0.25) is 0 Å². The van der Waals surface area contributed by atoms with E-state index in [0.29, 0.717) is 36.5 Å². The minimum Gasteiger partial charge on any atom is -0.467 e. The van der Waals surface area contributed by atoms with E-state index in [0.717, 1.165) is 18.4 Å². The molecule has 2 aliphatic rings. The average Bonchev–Trinajstić information content (AvgIpc) is 3.28. The summed E-state index contributed by atoms with van der Waals surface area (Å²) in [6.45, 7) is 0.858. The number of nitrogens with two attached hydrogens (primary N) is 1. The zero-order valence-corrected chi connectivity index (χ0v) is 14.2. The Bertz CT molecular complexity index is 549. The highest BCUT2D eigenvalue weighted by Gasteiger charge is 2.27. The fraction of sp³-hybridized carbons (Fsp3) is 0.500. The lowest BCUT2D eigenvalue weighted by Crippen LogP contribution is -2.35. The first-order valence-corrected chi connectivity index (χ1v) is 6.69. The zero-order chi connectivity index (χ0) is 14.1. The van der Waals surface area contributed by atoms with Gasteiger partial charge in [-0.25, -0.2) is 9.38 Å². The molecule has 7 heteroatoms. The van der Waals surface area contributed by atoms with E-state index in [9.17, 15) is 4.39 Å². The molecule has 3 rings (SSSR count). The molecule has 1 aromatic carbocycles. The molecule has 1 fully saturated rings. The van der Waals surface area contributed by atoms with Gasteiger partial charge < -0.3 is 20.1 Å². The Morgan fingerprint density at radius 2 is 2.24 bits per heavy atom. The summed E-state index contributed by atoms with van der Waals surface area (Å²) < 4.78 is 24.2. The Kier molecular flexibility index (Phi) is 5.26. The highest BCUT2D eigenvalue weighted by Crippen LogP contribution is 2.30. The molecule has 0 radical (unpaired) electrons. The molecule has 0 bridgehead atoms. The van der Waals surface area contributed by atoms with Crippen molar-refractivity contribution in [3.05, 3.63) is 29.1 Å². The highest BCUT2D eigenvalue weighted by molar-refractivity contribution is 14.0. The van der Waals surface area contributed by atoms with Gasteiger partial charge in [0.25, 0.3) is 0 Å². The van der Waals surface area contributed by atoms with Gasteiger partial charge in [-0.15, -0.1) is 24.0 Å². The van der Waals surface area contributed by atoms with Gasteiger partial charge in [0.1, 0.15) is 11.6 Å². The second-order valence-electron chi connectivity index (χ2n) is 5.18. The third-order valence-electron chi connectivity index (χ3n) is 3.62. The number of guanidine groups is 1. The van der Waals surface area contributed by atoms with E-state index in [-0.39, 0.29) is 36.6 Å². The van der Waals surface area contributed by atoms with Gasteiger partial charge in [-0.05, 0) is 25.0 Å². The van der Waals surface area contributed by atoms with Crippen molar-refractivity contribution < 1.29 is 13.9 Å². The van der Waals surface area contributed by atoms with Crippen LogP contribution in [0.25, 0.3) is 0 Å². The van der Waals surface area contributed by atoms with Crippen LogP contribution < -0.4 is 10.5 Å². The number of hydrogen-bond donors (Lipinski definition) is 1. The van der Waals surface area contributed by atoms with Crippen molar-refractivity contribution in [1.29, 1.82) is 0 Å². The fourth-order valence-corrected chi connectivity index (χ4v) is 2.30. The maximum absolute atomic E-state index is 13.6. The summed E-state index contributed by atoms with van der Waals surface area (Å²) in [4.78, 5) is 6.31. The van der Waals surface area contributed by atoms with Gasteiger partial charge in [-0.3, -0.25) is 0 Å². The molecule has 2 N–H and O–H groups in total. The molecule has 21 heavy (non-hydrogen) atoms. The van der Waals surface area contributed by atoms with E-state index >= 15 is 0 Å². The number of ether oxygens (including phenoxy) is 2. The first kappa shape index (κ1) is 16.3. The van der Waals surface area contributed by atoms with Crippen molar-refractivity contribution in [3.63, 3.8) is 0 Å². The van der Waals surface area contributed by atoms with Gasteiger partial charge in [0.15, 0.2) is 12.8 Å². The maximum atomic E-state index is 13.6. The van der Waals surface area contributed by atoms with E-state index in [4.69, 9.17) is 15.2 Å². The summed E-state index contributed by atoms with van der Waals surface area (Å²) in [7, 11) is 1.93. The second kappa shape index (κ2) is 6.78. The van der Waals surface area contributed by atoms with Gasteiger partial charge in [0.2, 0.25) is 0 Å². The van der Waals surface area contributed by atoms with E-state index in [1.807, 2.05) is 11.9 Å². The molecule has 1 heterocycles. The van der Waals surface area contributed by atoms with Crippen LogP contribution in [-0.2, 0) is 17.9 Å². The lowest BCUT2D eigenvalue weighted by Gasteiger charge is -2.21. The zero-order valence-electron chi connectivity index (χ0n) is 11.8. The number of nitrogens with zero attached hydrogens (tertiary/aromatic N) is 2. The Morgan fingerprint density at radius 1 is 1.48 bits per heavy atom. The molecule has 1 saturated carbocycles. The SMILES string of the molecule is CN(C(N)=NCc1cc(F)cc2c1OCOC2)C1CC1.I. The molecule has 1 aromatic rings. The molecular formula is C14H19FIN3O2. The first-order valence-electron chi connectivity index (χ1n) is 6.69. The number of benzene rings is 1. The topological polar surface area (TPSA) is 60.1 Å². The van der Waals surface area contributed by atoms with Gasteiger partial charge in [0.05, 0.1) is 13.2 Å². The predicted molar refractivity (Wildman–Crippen MR) is 88.2 cm³/mol. The number of hydrogen-bond acceptors (Lipinski definition) is 3. The van der Waals surface area contributed by atoms with Crippen molar-refractivity contribution >= 4 is 29.9 Å². The van der Waals surface area contributed by atoms with E-state index in [1.165, 1.54) is 12.1 Å². The maximum Gasteiger partial charge on any atom is 0.191 e. The standard InChI is InChI=1S/C14H18FN3O2.HI/c1-18(12-2-3-12)14(16)17-6-9-4-11(15)5-10-7-19-8-20-13(9)10;/h4-5,12H,2-3,6-8H2,1H3,(H2,16,17);1H. The van der Waals surface area contributed by atoms with Crippen LogP contribution in [0.1, 0.15) is 24.0 Å². The predicted octanol–water partition coefficient (Wildman–Crippen LogP) is 2.22. The molecule has 0 saturated heterocycles. The Morgan fingerprint density at radius 3 is 2.95 bits per heavy atom. The molecule has 0 spiro atoms. The molecule has 1 aliphatic carbocycles. The van der Waals surface area contributed by atoms with Crippen LogP contribution in [0.3, 0.4) is 0 Å². The Labute approximate surface area is 140 Å². The lowest BCUT2D eigenvalue weighted by molar-refractivity contribution is -0.0172. The third kappa shape index (κ3) is 3.76. The van der Waals surface area contributed by atoms with Crippen molar-refractivity contribution in [2.45, 2.75) is 32.0 Å². The van der Waals surface area contributed by atoms with Crippen LogP contribution in [0.4, 0.5) is 4.39 Å². The van der Waals surface area contributed by atoms with Crippen molar-refractivity contribution in [3.8, 4) is 5.75 Å². The molecule has 116 valence electrons. The van der Waals surface area contributed by atoms with Crippen molar-refractivity contribution in [2.24, 2.45) is 10.7 Å². The van der Waals surface area contributed by atoms with Gasteiger partial charge in [0, 0.05) is 24.2 Å². The number of fused-ring (bicyclic) bond motifs is 1. The molecule has 5 nitrogen and oxygen atoms in total. The van der Waals surface area contributed by atoms with E-state index in [2.05, 4.69) is 4.99 Å². The molecule has 0 aromatic heterocycles. The molecule has 0 unspecified atom stereocenters. The minimum atomic E-state index is -0.308. The van der Waals surface area contributed by atoms with Crippen LogP contribution in [0, 0.1) is 5.82 Å². The summed E-state index contributed by atoms with van der Waals surface area (Å²) in [5, 5.41) is 0. The normalized spacial score (nSPS) is 17.5. The van der Waals surface area contributed by atoms with Gasteiger partial charge in [-0.1, -0.05) is 0 Å². The van der Waals surface area contributed by atoms with Crippen LogP contribution in [-0.4, -0.2) is 30.7 Å². The summed E-state index contributed by atoms with van der Waals surface area (Å²) in [5.41, 5.74) is 7.36. The molecule has 1 aliphatic heterocycles. The Hall–Kier alpha value is -1.09. The monoisotopic (exact) mass is 407 g/mol. The fourth-order valence-electron chi connectivity index (χ4n) is 2.30. The summed E-state index contributed by atoms with van der Waals surface area (Å²) >= 11 is 0. The molecule has 0 amide bonds. The first-order chi connectivity index (χ1) is 9.65. The number of halogens is 2. The van der Waals surface area contributed by atoms with Crippen LogP contribution in [0.5, 0.6) is 5.75 Å². The van der Waals surface area contributed by atoms with Gasteiger partial charge in [-0.2, -0.15) is 0 Å². The van der Waals surface area contributed by atoms with Crippen molar-refractivity contribution in [2.75, 3.05) is 13.8 Å². The van der Waals surface area contributed by atoms with Gasteiger partial charge >= 0.3 is 0 Å².